The van der Waals surface area contributed by atoms with Crippen molar-refractivity contribution in [2.24, 2.45) is 10.7 Å². The first kappa shape index (κ1) is 18.6. The number of hydrogen-bond donors (Lipinski definition) is 2. The van der Waals surface area contributed by atoms with E-state index >= 15 is 0 Å². The number of benzene rings is 1. The molecule has 0 bridgehead atoms. The van der Waals surface area contributed by atoms with E-state index in [0.29, 0.717) is 19.1 Å². The van der Waals surface area contributed by atoms with E-state index in [4.69, 9.17) is 10.5 Å². The molecule has 108 valence electrons. The molecule has 0 aromatic heterocycles. The summed E-state index contributed by atoms with van der Waals surface area (Å²) in [6.07, 6.45) is 0. The van der Waals surface area contributed by atoms with Gasteiger partial charge in [0, 0.05) is 17.6 Å². The van der Waals surface area contributed by atoms with Gasteiger partial charge in [-0.25, -0.2) is 9.38 Å². The van der Waals surface area contributed by atoms with Crippen LogP contribution < -0.4 is 11.1 Å². The second-order valence-electron chi connectivity index (χ2n) is 3.94. The van der Waals surface area contributed by atoms with Gasteiger partial charge >= 0.3 is 0 Å². The molecule has 19 heavy (non-hydrogen) atoms. The van der Waals surface area contributed by atoms with E-state index in [1.54, 1.807) is 13.2 Å². The lowest BCUT2D eigenvalue weighted by Gasteiger charge is -2.13. The molecule has 0 saturated carbocycles. The number of methoxy groups -OCH3 is 1. The van der Waals surface area contributed by atoms with Crippen LogP contribution in [-0.2, 0) is 11.3 Å². The molecular weight excluding hydrogens is 428 g/mol. The first-order valence-electron chi connectivity index (χ1n) is 5.52. The largest absolute Gasteiger partial charge is 0.383 e. The summed E-state index contributed by atoms with van der Waals surface area (Å²) in [6, 6.07) is 4.55. The van der Waals surface area contributed by atoms with Crippen molar-refractivity contribution < 1.29 is 9.13 Å². The van der Waals surface area contributed by atoms with E-state index in [0.717, 1.165) is 10.0 Å². The van der Waals surface area contributed by atoms with Crippen molar-refractivity contribution in [1.82, 2.24) is 5.32 Å². The van der Waals surface area contributed by atoms with Crippen molar-refractivity contribution in [2.45, 2.75) is 19.5 Å². The molecule has 0 radical (unpaired) electrons. The minimum absolute atomic E-state index is 0. The highest BCUT2D eigenvalue weighted by molar-refractivity contribution is 14.0. The molecule has 0 amide bonds. The normalized spacial score (nSPS) is 12.7. The molecule has 3 N–H and O–H groups in total. The number of halogens is 3. The molecule has 1 atom stereocenters. The van der Waals surface area contributed by atoms with Crippen LogP contribution in [0.15, 0.2) is 27.7 Å². The minimum atomic E-state index is -0.289. The Morgan fingerprint density at radius 1 is 1.58 bits per heavy atom. The summed E-state index contributed by atoms with van der Waals surface area (Å²) in [5.74, 6) is 0.0263. The summed E-state index contributed by atoms with van der Waals surface area (Å²) >= 11 is 3.34. The number of aliphatic imine (C=N–C) groups is 1. The van der Waals surface area contributed by atoms with Crippen LogP contribution in [0.5, 0.6) is 0 Å². The van der Waals surface area contributed by atoms with Gasteiger partial charge in [-0.2, -0.15) is 0 Å². The van der Waals surface area contributed by atoms with Gasteiger partial charge in [-0.15, -0.1) is 24.0 Å². The van der Waals surface area contributed by atoms with Gasteiger partial charge in [-0.05, 0) is 30.7 Å². The highest BCUT2D eigenvalue weighted by Gasteiger charge is 2.03. The highest BCUT2D eigenvalue weighted by atomic mass is 127. The molecule has 0 aliphatic carbocycles. The van der Waals surface area contributed by atoms with Crippen LogP contribution in [0.3, 0.4) is 0 Å². The van der Waals surface area contributed by atoms with Crippen molar-refractivity contribution >= 4 is 45.9 Å². The van der Waals surface area contributed by atoms with Crippen molar-refractivity contribution in [3.63, 3.8) is 0 Å². The molecule has 0 heterocycles. The molecule has 0 fully saturated rings. The summed E-state index contributed by atoms with van der Waals surface area (Å²) in [5, 5.41) is 2.98. The topological polar surface area (TPSA) is 59.6 Å². The first-order chi connectivity index (χ1) is 8.52. The summed E-state index contributed by atoms with van der Waals surface area (Å²) in [7, 11) is 1.62. The van der Waals surface area contributed by atoms with Crippen LogP contribution >= 0.6 is 39.9 Å². The Balaban J connectivity index is 0.00000324. The molecule has 1 aromatic carbocycles. The molecule has 1 rings (SSSR count). The third kappa shape index (κ3) is 7.07. The zero-order valence-electron chi connectivity index (χ0n) is 10.8. The molecule has 7 heteroatoms. The van der Waals surface area contributed by atoms with Crippen LogP contribution in [0, 0.1) is 5.82 Å². The van der Waals surface area contributed by atoms with Crippen molar-refractivity contribution in [3.8, 4) is 0 Å². The summed E-state index contributed by atoms with van der Waals surface area (Å²) in [4.78, 5) is 4.15. The van der Waals surface area contributed by atoms with E-state index < -0.39 is 0 Å². The van der Waals surface area contributed by atoms with Crippen LogP contribution in [0.25, 0.3) is 0 Å². The minimum Gasteiger partial charge on any atom is -0.383 e. The van der Waals surface area contributed by atoms with Gasteiger partial charge in [0.1, 0.15) is 5.82 Å². The summed E-state index contributed by atoms with van der Waals surface area (Å²) < 4.78 is 18.8. The van der Waals surface area contributed by atoms with Gasteiger partial charge in [0.15, 0.2) is 5.96 Å². The number of ether oxygens (including phenoxy) is 1. The van der Waals surface area contributed by atoms with Gasteiger partial charge in [0.2, 0.25) is 0 Å². The van der Waals surface area contributed by atoms with E-state index in [1.807, 2.05) is 6.92 Å². The van der Waals surface area contributed by atoms with E-state index in [1.165, 1.54) is 12.1 Å². The van der Waals surface area contributed by atoms with E-state index in [2.05, 4.69) is 26.2 Å². The maximum atomic E-state index is 13.0. The third-order valence-electron chi connectivity index (χ3n) is 2.24. The Hall–Kier alpha value is -0.410. The second kappa shape index (κ2) is 9.49. The maximum absolute atomic E-state index is 13.0. The number of nitrogens with two attached hydrogens (primary N) is 1. The Kier molecular flexibility index (Phi) is 9.28. The number of guanidine groups is 1. The van der Waals surface area contributed by atoms with Gasteiger partial charge in [-0.3, -0.25) is 0 Å². The van der Waals surface area contributed by atoms with Gasteiger partial charge in [0.25, 0.3) is 0 Å². The molecular formula is C12H18BrFIN3O. The Morgan fingerprint density at radius 2 is 2.26 bits per heavy atom. The molecule has 0 saturated heterocycles. The van der Waals surface area contributed by atoms with Crippen LogP contribution in [0.4, 0.5) is 4.39 Å². The SMILES string of the molecule is COCC(C)NC(N)=NCc1cc(F)ccc1Br.I. The number of hydrogen-bond acceptors (Lipinski definition) is 2. The van der Waals surface area contributed by atoms with Crippen LogP contribution in [-0.4, -0.2) is 25.7 Å². The lowest BCUT2D eigenvalue weighted by Crippen LogP contribution is -2.40. The molecule has 4 nitrogen and oxygen atoms in total. The Morgan fingerprint density at radius 3 is 2.89 bits per heavy atom. The van der Waals surface area contributed by atoms with Crippen molar-refractivity contribution in [1.29, 1.82) is 0 Å². The third-order valence-corrected chi connectivity index (χ3v) is 3.01. The molecule has 1 aromatic rings. The fourth-order valence-corrected chi connectivity index (χ4v) is 1.80. The predicted octanol–water partition coefficient (Wildman–Crippen LogP) is 2.65. The lowest BCUT2D eigenvalue weighted by atomic mass is 10.2. The standard InChI is InChI=1S/C12H17BrFN3O.HI/c1-8(7-18-2)17-12(15)16-6-9-5-10(14)3-4-11(9)13;/h3-5,8H,6-7H2,1-2H3,(H3,15,16,17);1H. The average molecular weight is 446 g/mol. The number of nitrogens with one attached hydrogen (secondary N) is 1. The zero-order chi connectivity index (χ0) is 13.5. The molecule has 1 unspecified atom stereocenters. The Bertz CT molecular complexity index is 431. The fourth-order valence-electron chi connectivity index (χ4n) is 1.42. The number of rotatable bonds is 5. The van der Waals surface area contributed by atoms with E-state index in [9.17, 15) is 4.39 Å². The molecule has 0 aliphatic rings. The maximum Gasteiger partial charge on any atom is 0.189 e. The van der Waals surface area contributed by atoms with E-state index in [-0.39, 0.29) is 35.8 Å². The van der Waals surface area contributed by atoms with Crippen LogP contribution in [0.1, 0.15) is 12.5 Å². The summed E-state index contributed by atoms with van der Waals surface area (Å²) in [6.45, 7) is 2.79. The first-order valence-corrected chi connectivity index (χ1v) is 6.31. The monoisotopic (exact) mass is 445 g/mol. The van der Waals surface area contributed by atoms with Crippen molar-refractivity contribution in [2.75, 3.05) is 13.7 Å². The van der Waals surface area contributed by atoms with Crippen LogP contribution in [0.2, 0.25) is 0 Å². The molecule has 0 aliphatic heterocycles. The second-order valence-corrected chi connectivity index (χ2v) is 4.79. The average Bonchev–Trinajstić information content (AvgIpc) is 2.30. The predicted molar refractivity (Wildman–Crippen MR) is 89.3 cm³/mol. The smallest absolute Gasteiger partial charge is 0.189 e. The van der Waals surface area contributed by atoms with Gasteiger partial charge in [0.05, 0.1) is 13.2 Å². The number of nitrogens with zero attached hydrogens (tertiary/aromatic N) is 1. The fraction of sp³-hybridized carbons (Fsp3) is 0.417. The zero-order valence-corrected chi connectivity index (χ0v) is 14.7. The van der Waals surface area contributed by atoms with Gasteiger partial charge < -0.3 is 15.8 Å². The van der Waals surface area contributed by atoms with Gasteiger partial charge in [-0.1, -0.05) is 15.9 Å². The lowest BCUT2D eigenvalue weighted by molar-refractivity contribution is 0.179. The highest BCUT2D eigenvalue weighted by Crippen LogP contribution is 2.18. The Labute approximate surface area is 138 Å². The summed E-state index contributed by atoms with van der Waals surface area (Å²) in [5.41, 5.74) is 6.46. The molecule has 0 spiro atoms. The quantitative estimate of drug-likeness (QED) is 0.416. The van der Waals surface area contributed by atoms with Crippen molar-refractivity contribution in [3.05, 3.63) is 34.1 Å².